The first kappa shape index (κ1) is 18.7. The molecule has 0 aliphatic heterocycles. The molecule has 0 unspecified atom stereocenters. The molecule has 0 spiro atoms. The van der Waals surface area contributed by atoms with Crippen LogP contribution in [0.2, 0.25) is 0 Å². The Morgan fingerprint density at radius 2 is 1.96 bits per heavy atom. The molecule has 2 aromatic carbocycles. The molecule has 5 heteroatoms. The molecule has 1 aromatic heterocycles. The first-order valence-electron chi connectivity index (χ1n) is 10.2. The first-order valence-corrected chi connectivity index (χ1v) is 10.2. The Bertz CT molecular complexity index is 975. The van der Waals surface area contributed by atoms with E-state index in [0.717, 1.165) is 36.1 Å². The van der Waals surface area contributed by atoms with Crippen molar-refractivity contribution >= 4 is 16.9 Å². The summed E-state index contributed by atoms with van der Waals surface area (Å²) in [6.45, 7) is 3.10. The van der Waals surface area contributed by atoms with E-state index in [1.54, 1.807) is 17.0 Å². The number of benzene rings is 2. The summed E-state index contributed by atoms with van der Waals surface area (Å²) in [6.07, 6.45) is 5.61. The second-order valence-corrected chi connectivity index (χ2v) is 7.56. The third kappa shape index (κ3) is 3.66. The fourth-order valence-corrected chi connectivity index (χ4v) is 4.27. The lowest BCUT2D eigenvalue weighted by molar-refractivity contribution is 0.0736. The summed E-state index contributed by atoms with van der Waals surface area (Å²) in [7, 11) is 0. The maximum Gasteiger partial charge on any atom is 0.254 e. The molecule has 0 N–H and O–H groups in total. The Labute approximate surface area is 165 Å². The van der Waals surface area contributed by atoms with Gasteiger partial charge >= 0.3 is 0 Å². The second kappa shape index (κ2) is 8.13. The van der Waals surface area contributed by atoms with Gasteiger partial charge in [-0.25, -0.2) is 9.37 Å². The Kier molecular flexibility index (Phi) is 5.42. The van der Waals surface area contributed by atoms with Crippen LogP contribution in [0.1, 0.15) is 61.3 Å². The zero-order valence-electron chi connectivity index (χ0n) is 16.3. The van der Waals surface area contributed by atoms with E-state index in [1.165, 1.54) is 25.0 Å². The first-order chi connectivity index (χ1) is 13.7. The molecule has 1 aliphatic rings. The molecule has 146 valence electrons. The van der Waals surface area contributed by atoms with Gasteiger partial charge < -0.3 is 9.47 Å². The molecule has 0 radical (unpaired) electrons. The number of hydrogen-bond acceptors (Lipinski definition) is 2. The fourth-order valence-electron chi connectivity index (χ4n) is 4.27. The van der Waals surface area contributed by atoms with Gasteiger partial charge in [0.15, 0.2) is 0 Å². The summed E-state index contributed by atoms with van der Waals surface area (Å²) >= 11 is 0. The number of nitrogens with zero attached hydrogens (tertiary/aromatic N) is 3. The van der Waals surface area contributed by atoms with Gasteiger partial charge in [-0.1, -0.05) is 38.0 Å². The Morgan fingerprint density at radius 1 is 1.18 bits per heavy atom. The van der Waals surface area contributed by atoms with Gasteiger partial charge in [-0.3, -0.25) is 4.79 Å². The largest absolute Gasteiger partial charge is 0.331 e. The molecule has 1 heterocycles. The van der Waals surface area contributed by atoms with Crippen molar-refractivity contribution < 1.29 is 9.18 Å². The van der Waals surface area contributed by atoms with Crippen molar-refractivity contribution in [3.63, 3.8) is 0 Å². The van der Waals surface area contributed by atoms with Gasteiger partial charge in [0, 0.05) is 18.2 Å². The normalized spacial score (nSPS) is 14.6. The number of hydrogen-bond donors (Lipinski definition) is 0. The highest BCUT2D eigenvalue weighted by atomic mass is 19.1. The smallest absolute Gasteiger partial charge is 0.254 e. The number of amides is 1. The van der Waals surface area contributed by atoms with Gasteiger partial charge in [0.1, 0.15) is 11.6 Å². The van der Waals surface area contributed by atoms with Crippen LogP contribution in [0.5, 0.6) is 0 Å². The van der Waals surface area contributed by atoms with Gasteiger partial charge in [0.2, 0.25) is 0 Å². The highest BCUT2D eigenvalue weighted by molar-refractivity contribution is 5.94. The summed E-state index contributed by atoms with van der Waals surface area (Å²) in [5.74, 6) is 0.387. The van der Waals surface area contributed by atoms with Crippen molar-refractivity contribution in [2.24, 2.45) is 0 Å². The average Bonchev–Trinajstić information content (AvgIpc) is 3.34. The molecule has 4 nitrogen and oxygen atoms in total. The van der Waals surface area contributed by atoms with Crippen LogP contribution >= 0.6 is 0 Å². The number of para-hydroxylation sites is 2. The highest BCUT2D eigenvalue weighted by Crippen LogP contribution is 2.34. The van der Waals surface area contributed by atoms with Crippen molar-refractivity contribution in [1.82, 2.24) is 14.5 Å². The van der Waals surface area contributed by atoms with E-state index in [4.69, 9.17) is 4.98 Å². The van der Waals surface area contributed by atoms with Crippen molar-refractivity contribution in [2.75, 3.05) is 6.54 Å². The maximum atomic E-state index is 13.6. The van der Waals surface area contributed by atoms with Crippen LogP contribution in [0.15, 0.2) is 48.5 Å². The van der Waals surface area contributed by atoms with Crippen molar-refractivity contribution in [3.05, 3.63) is 65.7 Å². The molecule has 4 rings (SSSR count). The summed E-state index contributed by atoms with van der Waals surface area (Å²) in [6, 6.07) is 14.6. The molecule has 0 atom stereocenters. The van der Waals surface area contributed by atoms with Crippen LogP contribution in [0, 0.1) is 5.82 Å². The van der Waals surface area contributed by atoms with E-state index in [2.05, 4.69) is 10.6 Å². The maximum absolute atomic E-state index is 13.6. The SMILES string of the molecule is CCCN(Cc1nc2ccccc2n1C1CCCC1)C(=O)c1cccc(F)c1. The van der Waals surface area contributed by atoms with E-state index >= 15 is 0 Å². The molecule has 1 aliphatic carbocycles. The minimum atomic E-state index is -0.388. The van der Waals surface area contributed by atoms with Gasteiger partial charge in [0.25, 0.3) is 5.91 Å². The Morgan fingerprint density at radius 3 is 2.71 bits per heavy atom. The van der Waals surface area contributed by atoms with Gasteiger partial charge in [0.05, 0.1) is 17.6 Å². The number of halogens is 1. The van der Waals surface area contributed by atoms with E-state index < -0.39 is 0 Å². The van der Waals surface area contributed by atoms with Crippen LogP contribution in [0.4, 0.5) is 4.39 Å². The van der Waals surface area contributed by atoms with Gasteiger partial charge in [-0.05, 0) is 49.6 Å². The van der Waals surface area contributed by atoms with Crippen LogP contribution in [0.3, 0.4) is 0 Å². The molecule has 3 aromatic rings. The monoisotopic (exact) mass is 379 g/mol. The van der Waals surface area contributed by atoms with Gasteiger partial charge in [-0.2, -0.15) is 0 Å². The van der Waals surface area contributed by atoms with E-state index in [1.807, 2.05) is 25.1 Å². The van der Waals surface area contributed by atoms with Gasteiger partial charge in [-0.15, -0.1) is 0 Å². The van der Waals surface area contributed by atoms with Crippen molar-refractivity contribution in [3.8, 4) is 0 Å². The lowest BCUT2D eigenvalue weighted by Crippen LogP contribution is -2.32. The molecule has 1 fully saturated rings. The van der Waals surface area contributed by atoms with Crippen LogP contribution in [-0.2, 0) is 6.54 Å². The van der Waals surface area contributed by atoms with E-state index in [9.17, 15) is 9.18 Å². The minimum Gasteiger partial charge on any atom is -0.331 e. The molecule has 28 heavy (non-hydrogen) atoms. The molecule has 0 bridgehead atoms. The predicted octanol–water partition coefficient (Wildman–Crippen LogP) is 5.34. The summed E-state index contributed by atoms with van der Waals surface area (Å²) in [4.78, 5) is 19.7. The van der Waals surface area contributed by atoms with E-state index in [-0.39, 0.29) is 11.7 Å². The fraction of sp³-hybridized carbons (Fsp3) is 0.391. The summed E-state index contributed by atoms with van der Waals surface area (Å²) < 4.78 is 16.0. The molecular weight excluding hydrogens is 353 g/mol. The number of carbonyl (C=O) groups is 1. The zero-order valence-corrected chi connectivity index (χ0v) is 16.3. The molecule has 1 amide bonds. The topological polar surface area (TPSA) is 38.1 Å². The standard InChI is InChI=1S/C23H26FN3O/c1-2-14-26(23(28)17-8-7-9-18(24)15-17)16-22-25-20-12-5-6-13-21(20)27(22)19-10-3-4-11-19/h5-9,12-13,15,19H,2-4,10-11,14,16H2,1H3. The minimum absolute atomic E-state index is 0.147. The number of carbonyl (C=O) groups excluding carboxylic acids is 1. The third-order valence-electron chi connectivity index (χ3n) is 5.54. The Balaban J connectivity index is 1.70. The number of aromatic nitrogens is 2. The zero-order chi connectivity index (χ0) is 19.5. The average molecular weight is 379 g/mol. The second-order valence-electron chi connectivity index (χ2n) is 7.56. The van der Waals surface area contributed by atoms with Crippen molar-refractivity contribution in [1.29, 1.82) is 0 Å². The van der Waals surface area contributed by atoms with Crippen LogP contribution < -0.4 is 0 Å². The third-order valence-corrected chi connectivity index (χ3v) is 5.54. The van der Waals surface area contributed by atoms with E-state index in [0.29, 0.717) is 24.7 Å². The van der Waals surface area contributed by atoms with Crippen LogP contribution in [-0.4, -0.2) is 26.9 Å². The number of fused-ring (bicyclic) bond motifs is 1. The van der Waals surface area contributed by atoms with Crippen molar-refractivity contribution in [2.45, 2.75) is 51.6 Å². The quantitative estimate of drug-likeness (QED) is 0.579. The summed E-state index contributed by atoms with van der Waals surface area (Å²) in [5, 5.41) is 0. The lowest BCUT2D eigenvalue weighted by Gasteiger charge is -2.24. The Hall–Kier alpha value is -2.69. The molecule has 1 saturated carbocycles. The summed E-state index contributed by atoms with van der Waals surface area (Å²) in [5.41, 5.74) is 2.50. The lowest BCUT2D eigenvalue weighted by atomic mass is 10.2. The predicted molar refractivity (Wildman–Crippen MR) is 109 cm³/mol. The highest BCUT2D eigenvalue weighted by Gasteiger charge is 2.25. The number of imidazole rings is 1. The molecule has 0 saturated heterocycles. The van der Waals surface area contributed by atoms with Crippen LogP contribution in [0.25, 0.3) is 11.0 Å². The number of rotatable bonds is 6. The molecular formula is C23H26FN3O.